The molecular formula is C30H44N8S2. The maximum atomic E-state index is 5.96. The summed E-state index contributed by atoms with van der Waals surface area (Å²) in [5.74, 6) is 2.02. The normalized spacial score (nSPS) is 23.3. The molecule has 0 aliphatic heterocycles. The summed E-state index contributed by atoms with van der Waals surface area (Å²) in [6.45, 7) is 8.63. The lowest BCUT2D eigenvalue weighted by molar-refractivity contribution is 0.221. The van der Waals surface area contributed by atoms with Crippen LogP contribution in [0.5, 0.6) is 0 Å². The molecule has 2 aliphatic rings. The summed E-state index contributed by atoms with van der Waals surface area (Å²) in [4.78, 5) is 24.9. The zero-order valence-corrected chi connectivity index (χ0v) is 26.4. The van der Waals surface area contributed by atoms with E-state index in [4.69, 9.17) is 5.73 Å². The zero-order chi connectivity index (χ0) is 28.4. The molecule has 2 saturated carbocycles. The van der Waals surface area contributed by atoms with Gasteiger partial charge >= 0.3 is 0 Å². The number of nitrogens with zero attached hydrogens (tertiary/aromatic N) is 5. The fourth-order valence-electron chi connectivity index (χ4n) is 5.97. The van der Waals surface area contributed by atoms with Crippen molar-refractivity contribution in [2.75, 3.05) is 24.7 Å². The largest absolute Gasteiger partial charge is 0.367 e. The Morgan fingerprint density at radius 2 is 1.10 bits per heavy atom. The molecule has 4 heterocycles. The highest BCUT2D eigenvalue weighted by Crippen LogP contribution is 2.35. The van der Waals surface area contributed by atoms with Gasteiger partial charge in [-0.1, -0.05) is 0 Å². The Kier molecular flexibility index (Phi) is 9.19. The lowest BCUT2D eigenvalue weighted by atomic mass is 9.90. The lowest BCUT2D eigenvalue weighted by Crippen LogP contribution is -2.36. The minimum absolute atomic E-state index is 0.383. The molecule has 0 bridgehead atoms. The molecule has 6 rings (SSSR count). The van der Waals surface area contributed by atoms with Crippen molar-refractivity contribution >= 4 is 54.7 Å². The molecule has 4 N–H and O–H groups in total. The van der Waals surface area contributed by atoms with Crippen LogP contribution in [0.2, 0.25) is 0 Å². The van der Waals surface area contributed by atoms with Gasteiger partial charge in [0, 0.05) is 33.9 Å². The summed E-state index contributed by atoms with van der Waals surface area (Å²) >= 11 is 3.51. The van der Waals surface area contributed by atoms with Crippen LogP contribution in [0.15, 0.2) is 12.7 Å². The van der Waals surface area contributed by atoms with Gasteiger partial charge in [0.15, 0.2) is 0 Å². The molecule has 0 spiro atoms. The highest BCUT2D eigenvalue weighted by molar-refractivity contribution is 7.19. The van der Waals surface area contributed by atoms with Crippen LogP contribution in [-0.4, -0.2) is 63.1 Å². The van der Waals surface area contributed by atoms with Crippen LogP contribution >= 0.6 is 22.7 Å². The fourth-order valence-corrected chi connectivity index (χ4v) is 7.96. The summed E-state index contributed by atoms with van der Waals surface area (Å²) in [5, 5.41) is 9.68. The van der Waals surface area contributed by atoms with E-state index < -0.39 is 0 Å². The second-order valence-electron chi connectivity index (χ2n) is 11.7. The summed E-state index contributed by atoms with van der Waals surface area (Å²) in [7, 11) is 4.37. The monoisotopic (exact) mass is 580 g/mol. The summed E-state index contributed by atoms with van der Waals surface area (Å²) < 4.78 is 0. The van der Waals surface area contributed by atoms with Crippen molar-refractivity contribution in [3.63, 3.8) is 0 Å². The third-order valence-electron chi connectivity index (χ3n) is 8.81. The van der Waals surface area contributed by atoms with Gasteiger partial charge < -0.3 is 21.3 Å². The number of nitrogens with one attached hydrogen (secondary N) is 2. The van der Waals surface area contributed by atoms with E-state index in [2.05, 4.69) is 77.3 Å². The summed E-state index contributed by atoms with van der Waals surface area (Å²) in [6.07, 6.45) is 12.8. The second kappa shape index (κ2) is 12.6. The number of hydrogen-bond donors (Lipinski definition) is 3. The maximum absolute atomic E-state index is 5.96. The van der Waals surface area contributed by atoms with Crippen molar-refractivity contribution in [3.8, 4) is 0 Å². The van der Waals surface area contributed by atoms with Crippen molar-refractivity contribution in [2.24, 2.45) is 5.73 Å². The Balaban J connectivity index is 0.000000162. The molecule has 4 aromatic rings. The topological polar surface area (TPSA) is 105 Å². The highest BCUT2D eigenvalue weighted by Gasteiger charge is 2.24. The molecule has 4 aromatic heterocycles. The molecule has 0 aromatic carbocycles. The highest BCUT2D eigenvalue weighted by atomic mass is 32.1. The van der Waals surface area contributed by atoms with Crippen molar-refractivity contribution in [3.05, 3.63) is 33.5 Å². The maximum Gasteiger partial charge on any atom is 0.138 e. The molecule has 0 atom stereocenters. The van der Waals surface area contributed by atoms with Crippen LogP contribution in [0.3, 0.4) is 0 Å². The predicted molar refractivity (Wildman–Crippen MR) is 171 cm³/mol. The van der Waals surface area contributed by atoms with Crippen molar-refractivity contribution < 1.29 is 0 Å². The Hall–Kier alpha value is -2.40. The molecule has 0 amide bonds. The van der Waals surface area contributed by atoms with Gasteiger partial charge in [0.1, 0.15) is 34.0 Å². The average molecular weight is 581 g/mol. The zero-order valence-electron chi connectivity index (χ0n) is 24.8. The van der Waals surface area contributed by atoms with E-state index >= 15 is 0 Å². The van der Waals surface area contributed by atoms with Gasteiger partial charge in [0.05, 0.1) is 10.8 Å². The first-order valence-corrected chi connectivity index (χ1v) is 16.2. The number of hydrogen-bond acceptors (Lipinski definition) is 10. The number of aryl methyl sites for hydroxylation is 4. The van der Waals surface area contributed by atoms with Gasteiger partial charge in [-0.2, -0.15) is 0 Å². The third kappa shape index (κ3) is 6.40. The number of anilines is 2. The van der Waals surface area contributed by atoms with E-state index in [-0.39, 0.29) is 0 Å². The van der Waals surface area contributed by atoms with Crippen LogP contribution in [0.1, 0.15) is 72.2 Å². The van der Waals surface area contributed by atoms with Crippen molar-refractivity contribution in [2.45, 2.75) is 103 Å². The second-order valence-corrected chi connectivity index (χ2v) is 14.1. The van der Waals surface area contributed by atoms with E-state index in [1.165, 1.54) is 57.3 Å². The molecule has 2 aliphatic carbocycles. The van der Waals surface area contributed by atoms with E-state index in [1.54, 1.807) is 35.3 Å². The minimum atomic E-state index is 0.383. The van der Waals surface area contributed by atoms with Crippen molar-refractivity contribution in [1.82, 2.24) is 24.8 Å². The van der Waals surface area contributed by atoms with Gasteiger partial charge in [0.25, 0.3) is 0 Å². The van der Waals surface area contributed by atoms with Crippen LogP contribution in [-0.2, 0) is 0 Å². The van der Waals surface area contributed by atoms with Gasteiger partial charge in [-0.25, -0.2) is 19.9 Å². The molecule has 0 saturated heterocycles. The molecule has 216 valence electrons. The van der Waals surface area contributed by atoms with E-state index in [9.17, 15) is 0 Å². The SMILES string of the molecule is Cc1sc2ncnc(NC3CCC(N(C)C)CC3)c2c1C.Cc1sc2ncnc(NC3CCC(N)CC3)c2c1C. The molecule has 10 heteroatoms. The number of rotatable bonds is 5. The summed E-state index contributed by atoms with van der Waals surface area (Å²) in [6, 6.07) is 2.16. The molecule has 2 fully saturated rings. The first-order valence-electron chi connectivity index (χ1n) is 14.6. The Morgan fingerprint density at radius 1 is 0.675 bits per heavy atom. The average Bonchev–Trinajstić information content (AvgIpc) is 3.40. The molecular weight excluding hydrogens is 537 g/mol. The Bertz CT molecular complexity index is 1430. The van der Waals surface area contributed by atoms with Crippen LogP contribution in [0.4, 0.5) is 11.6 Å². The van der Waals surface area contributed by atoms with E-state index in [0.29, 0.717) is 18.1 Å². The quantitative estimate of drug-likeness (QED) is 0.243. The molecule has 0 radical (unpaired) electrons. The predicted octanol–water partition coefficient (Wildman–Crippen LogP) is 6.58. The van der Waals surface area contributed by atoms with E-state index in [0.717, 1.165) is 53.0 Å². The third-order valence-corrected chi connectivity index (χ3v) is 11.0. The first kappa shape index (κ1) is 29.1. The fraction of sp³-hybridized carbons (Fsp3) is 0.600. The number of fused-ring (bicyclic) bond motifs is 2. The van der Waals surface area contributed by atoms with Crippen LogP contribution in [0, 0.1) is 27.7 Å². The summed E-state index contributed by atoms with van der Waals surface area (Å²) in [5.41, 5.74) is 8.58. The Morgan fingerprint density at radius 3 is 1.52 bits per heavy atom. The molecule has 40 heavy (non-hydrogen) atoms. The van der Waals surface area contributed by atoms with Gasteiger partial charge in [-0.3, -0.25) is 0 Å². The standard InChI is InChI=1S/C16H24N4S.C14H20N4S/c1-10-11(2)21-16-14(10)15(17-9-18-16)19-12-5-7-13(8-6-12)20(3)4;1-8-9(2)19-14-12(8)13(16-7-17-14)18-11-5-3-10(15)4-6-11/h9,12-13H,5-8H2,1-4H3,(H,17,18,19);7,10-11H,3-6,15H2,1-2H3,(H,16,17,18). The smallest absolute Gasteiger partial charge is 0.138 e. The number of aromatic nitrogens is 4. The Labute approximate surface area is 246 Å². The van der Waals surface area contributed by atoms with Gasteiger partial charge in [0.2, 0.25) is 0 Å². The molecule has 8 nitrogen and oxygen atoms in total. The number of thiophene rings is 2. The van der Waals surface area contributed by atoms with Crippen LogP contribution in [0.25, 0.3) is 20.4 Å². The number of nitrogens with two attached hydrogens (primary N) is 1. The first-order chi connectivity index (χ1) is 19.2. The van der Waals surface area contributed by atoms with Crippen molar-refractivity contribution in [1.29, 1.82) is 0 Å². The molecule has 0 unspecified atom stereocenters. The van der Waals surface area contributed by atoms with E-state index in [1.807, 2.05) is 0 Å². The van der Waals surface area contributed by atoms with Gasteiger partial charge in [-0.15, -0.1) is 22.7 Å². The minimum Gasteiger partial charge on any atom is -0.367 e. The van der Waals surface area contributed by atoms with Crippen LogP contribution < -0.4 is 16.4 Å². The van der Waals surface area contributed by atoms with Gasteiger partial charge in [-0.05, 0) is 104 Å². The lowest BCUT2D eigenvalue weighted by Gasteiger charge is -2.33.